The molecule has 0 fully saturated rings. The SMILES string of the molecule is CCC(Nc1nccc(C#N)c1[N+](=O)[O-])c1ccccc1. The number of nitriles is 1. The maximum absolute atomic E-state index is 11.2. The molecule has 0 amide bonds. The van der Waals surface area contributed by atoms with Crippen molar-refractivity contribution in [3.63, 3.8) is 0 Å². The molecule has 1 unspecified atom stereocenters. The highest BCUT2D eigenvalue weighted by Crippen LogP contribution is 2.30. The first-order chi connectivity index (χ1) is 10.2. The van der Waals surface area contributed by atoms with E-state index in [9.17, 15) is 10.1 Å². The molecule has 1 aromatic carbocycles. The van der Waals surface area contributed by atoms with Crippen molar-refractivity contribution in [2.45, 2.75) is 19.4 Å². The third-order valence-corrected chi connectivity index (χ3v) is 3.15. The Morgan fingerprint density at radius 3 is 2.67 bits per heavy atom. The Morgan fingerprint density at radius 1 is 1.38 bits per heavy atom. The summed E-state index contributed by atoms with van der Waals surface area (Å²) in [6, 6.07) is 12.7. The lowest BCUT2D eigenvalue weighted by atomic mass is 10.0. The quantitative estimate of drug-likeness (QED) is 0.670. The van der Waals surface area contributed by atoms with Gasteiger partial charge in [0.1, 0.15) is 11.6 Å². The Morgan fingerprint density at radius 2 is 2.10 bits per heavy atom. The summed E-state index contributed by atoms with van der Waals surface area (Å²) in [5.74, 6) is 0.120. The predicted octanol–water partition coefficient (Wildman–Crippen LogP) is 3.42. The van der Waals surface area contributed by atoms with Crippen LogP contribution in [0.2, 0.25) is 0 Å². The Kier molecular flexibility index (Phi) is 4.46. The van der Waals surface area contributed by atoms with E-state index in [-0.39, 0.29) is 23.1 Å². The van der Waals surface area contributed by atoms with Crippen LogP contribution in [0.1, 0.15) is 30.5 Å². The van der Waals surface area contributed by atoms with Crippen molar-refractivity contribution in [3.05, 3.63) is 63.8 Å². The summed E-state index contributed by atoms with van der Waals surface area (Å²) >= 11 is 0. The van der Waals surface area contributed by atoms with E-state index < -0.39 is 4.92 Å². The number of nitro groups is 1. The van der Waals surface area contributed by atoms with Gasteiger partial charge in [-0.2, -0.15) is 5.26 Å². The Hall–Kier alpha value is -2.94. The number of nitrogens with one attached hydrogen (secondary N) is 1. The number of nitrogens with zero attached hydrogens (tertiary/aromatic N) is 3. The average Bonchev–Trinajstić information content (AvgIpc) is 2.52. The minimum atomic E-state index is -0.578. The summed E-state index contributed by atoms with van der Waals surface area (Å²) in [5, 5.41) is 23.2. The van der Waals surface area contributed by atoms with E-state index in [4.69, 9.17) is 5.26 Å². The minimum Gasteiger partial charge on any atom is -0.358 e. The van der Waals surface area contributed by atoms with Crippen LogP contribution in [0.25, 0.3) is 0 Å². The van der Waals surface area contributed by atoms with E-state index in [1.807, 2.05) is 43.3 Å². The molecule has 0 radical (unpaired) electrons. The maximum atomic E-state index is 11.2. The third-order valence-electron chi connectivity index (χ3n) is 3.15. The van der Waals surface area contributed by atoms with E-state index in [2.05, 4.69) is 10.3 Å². The molecule has 21 heavy (non-hydrogen) atoms. The number of anilines is 1. The van der Waals surface area contributed by atoms with Crippen LogP contribution < -0.4 is 5.32 Å². The van der Waals surface area contributed by atoms with Gasteiger partial charge in [-0.1, -0.05) is 37.3 Å². The van der Waals surface area contributed by atoms with E-state index in [1.165, 1.54) is 12.3 Å². The third kappa shape index (κ3) is 3.15. The number of hydrogen-bond donors (Lipinski definition) is 1. The fourth-order valence-corrected chi connectivity index (χ4v) is 2.11. The van der Waals surface area contributed by atoms with Crippen molar-refractivity contribution in [2.24, 2.45) is 0 Å². The molecule has 2 rings (SSSR count). The zero-order chi connectivity index (χ0) is 15.2. The molecule has 0 saturated carbocycles. The summed E-state index contributed by atoms with van der Waals surface area (Å²) in [5.41, 5.74) is 0.730. The summed E-state index contributed by atoms with van der Waals surface area (Å²) < 4.78 is 0. The predicted molar refractivity (Wildman–Crippen MR) is 78.7 cm³/mol. The van der Waals surface area contributed by atoms with Gasteiger partial charge in [0.05, 0.1) is 11.0 Å². The van der Waals surface area contributed by atoms with Crippen molar-refractivity contribution >= 4 is 11.5 Å². The Bertz CT molecular complexity index is 680. The van der Waals surface area contributed by atoms with Gasteiger partial charge in [-0.3, -0.25) is 10.1 Å². The van der Waals surface area contributed by atoms with E-state index in [0.717, 1.165) is 12.0 Å². The lowest BCUT2D eigenvalue weighted by Crippen LogP contribution is -2.12. The van der Waals surface area contributed by atoms with Gasteiger partial charge in [0.25, 0.3) is 0 Å². The van der Waals surface area contributed by atoms with Gasteiger partial charge < -0.3 is 5.32 Å². The summed E-state index contributed by atoms with van der Waals surface area (Å²) in [7, 11) is 0. The van der Waals surface area contributed by atoms with Crippen LogP contribution in [0.3, 0.4) is 0 Å². The van der Waals surface area contributed by atoms with E-state index >= 15 is 0 Å². The number of hydrogen-bond acceptors (Lipinski definition) is 5. The summed E-state index contributed by atoms with van der Waals surface area (Å²) in [6.07, 6.45) is 2.13. The highest BCUT2D eigenvalue weighted by Gasteiger charge is 2.23. The van der Waals surface area contributed by atoms with Gasteiger partial charge >= 0.3 is 5.69 Å². The van der Waals surface area contributed by atoms with E-state index in [0.29, 0.717) is 0 Å². The molecule has 0 saturated heterocycles. The standard InChI is InChI=1S/C15H14N4O2/c1-2-13(11-6-4-3-5-7-11)18-15-14(19(20)21)12(10-16)8-9-17-15/h3-9,13H,2H2,1H3,(H,17,18). The van der Waals surface area contributed by atoms with Crippen LogP contribution in [0.15, 0.2) is 42.6 Å². The number of rotatable bonds is 5. The largest absolute Gasteiger partial charge is 0.358 e. The van der Waals surface area contributed by atoms with Crippen LogP contribution in [-0.4, -0.2) is 9.91 Å². The summed E-state index contributed by atoms with van der Waals surface area (Å²) in [6.45, 7) is 1.98. The van der Waals surface area contributed by atoms with Crippen LogP contribution in [-0.2, 0) is 0 Å². The lowest BCUT2D eigenvalue weighted by molar-refractivity contribution is -0.384. The van der Waals surface area contributed by atoms with Crippen LogP contribution in [0.5, 0.6) is 0 Å². The molecule has 106 valence electrons. The topological polar surface area (TPSA) is 91.8 Å². The first kappa shape index (κ1) is 14.5. The summed E-state index contributed by atoms with van der Waals surface area (Å²) in [4.78, 5) is 14.6. The van der Waals surface area contributed by atoms with Crippen LogP contribution in [0, 0.1) is 21.4 Å². The molecule has 1 aromatic heterocycles. The minimum absolute atomic E-state index is 0.000384. The zero-order valence-electron chi connectivity index (χ0n) is 11.5. The van der Waals surface area contributed by atoms with Gasteiger partial charge in [-0.05, 0) is 18.1 Å². The molecule has 0 aliphatic rings. The van der Waals surface area contributed by atoms with Gasteiger partial charge in [0, 0.05) is 6.20 Å². The molecule has 6 heteroatoms. The molecular formula is C15H14N4O2. The van der Waals surface area contributed by atoms with Crippen molar-refractivity contribution in [2.75, 3.05) is 5.32 Å². The average molecular weight is 282 g/mol. The highest BCUT2D eigenvalue weighted by atomic mass is 16.6. The fourth-order valence-electron chi connectivity index (χ4n) is 2.11. The van der Waals surface area contributed by atoms with Crippen molar-refractivity contribution in [1.29, 1.82) is 5.26 Å². The molecular weight excluding hydrogens is 268 g/mol. The molecule has 0 aliphatic heterocycles. The van der Waals surface area contributed by atoms with E-state index in [1.54, 1.807) is 0 Å². The Balaban J connectivity index is 2.39. The van der Waals surface area contributed by atoms with Gasteiger partial charge in [-0.15, -0.1) is 0 Å². The second-order valence-corrected chi connectivity index (χ2v) is 4.44. The molecule has 2 aromatic rings. The zero-order valence-corrected chi connectivity index (χ0v) is 11.5. The molecule has 1 N–H and O–H groups in total. The fraction of sp³-hybridized carbons (Fsp3) is 0.200. The smallest absolute Gasteiger partial charge is 0.328 e. The molecule has 0 aliphatic carbocycles. The Labute approximate surface area is 122 Å². The van der Waals surface area contributed by atoms with Gasteiger partial charge in [-0.25, -0.2) is 4.98 Å². The number of aromatic nitrogens is 1. The highest BCUT2D eigenvalue weighted by molar-refractivity contribution is 5.64. The second-order valence-electron chi connectivity index (χ2n) is 4.44. The van der Waals surface area contributed by atoms with Crippen LogP contribution >= 0.6 is 0 Å². The molecule has 1 atom stereocenters. The molecule has 0 bridgehead atoms. The molecule has 0 spiro atoms. The maximum Gasteiger partial charge on any atom is 0.328 e. The van der Waals surface area contributed by atoms with Gasteiger partial charge in [0.2, 0.25) is 5.82 Å². The molecule has 1 heterocycles. The van der Waals surface area contributed by atoms with Crippen molar-refractivity contribution < 1.29 is 4.92 Å². The van der Waals surface area contributed by atoms with Crippen molar-refractivity contribution in [3.8, 4) is 6.07 Å². The second kappa shape index (κ2) is 6.48. The van der Waals surface area contributed by atoms with Crippen molar-refractivity contribution in [1.82, 2.24) is 4.98 Å². The molecule has 6 nitrogen and oxygen atoms in total. The number of pyridine rings is 1. The lowest BCUT2D eigenvalue weighted by Gasteiger charge is -2.18. The van der Waals surface area contributed by atoms with Crippen LogP contribution in [0.4, 0.5) is 11.5 Å². The number of benzene rings is 1. The first-order valence-corrected chi connectivity index (χ1v) is 6.52. The first-order valence-electron chi connectivity index (χ1n) is 6.52. The van der Waals surface area contributed by atoms with Gasteiger partial charge in [0.15, 0.2) is 0 Å². The normalized spacial score (nSPS) is 11.4. The monoisotopic (exact) mass is 282 g/mol.